The van der Waals surface area contributed by atoms with Crippen molar-refractivity contribution in [3.8, 4) is 0 Å². The molecule has 0 unspecified atom stereocenters. The van der Waals surface area contributed by atoms with Gasteiger partial charge in [-0.15, -0.1) is 0 Å². The summed E-state index contributed by atoms with van der Waals surface area (Å²) in [4.78, 5) is 29.5. The quantitative estimate of drug-likeness (QED) is 0.654. The van der Waals surface area contributed by atoms with Crippen molar-refractivity contribution >= 4 is 11.8 Å². The first kappa shape index (κ1) is 18.6. The number of carbonyl (C=O) groups excluding carboxylic acids is 2. The van der Waals surface area contributed by atoms with Gasteiger partial charge in [0.15, 0.2) is 0 Å². The summed E-state index contributed by atoms with van der Waals surface area (Å²) in [6, 6.07) is 0.293. The monoisotopic (exact) mass is 352 g/mol. The summed E-state index contributed by atoms with van der Waals surface area (Å²) in [5.74, 6) is 0.964. The molecule has 3 fully saturated rings. The van der Waals surface area contributed by atoms with Crippen molar-refractivity contribution in [2.75, 3.05) is 47.1 Å². The number of rotatable bonds is 7. The number of hydrogen-bond acceptors (Lipinski definition) is 4. The summed E-state index contributed by atoms with van der Waals surface area (Å²) < 4.78 is 10.5. The fourth-order valence-electron chi connectivity index (χ4n) is 4.84. The van der Waals surface area contributed by atoms with Gasteiger partial charge in [-0.05, 0) is 38.0 Å². The van der Waals surface area contributed by atoms with E-state index < -0.39 is 0 Å². The molecular formula is C19H32N2O4. The predicted molar refractivity (Wildman–Crippen MR) is 94.1 cm³/mol. The van der Waals surface area contributed by atoms with E-state index in [1.807, 2.05) is 0 Å². The molecular weight excluding hydrogens is 320 g/mol. The van der Waals surface area contributed by atoms with E-state index in [9.17, 15) is 9.59 Å². The molecule has 0 aromatic rings. The molecule has 6 nitrogen and oxygen atoms in total. The third-order valence-electron chi connectivity index (χ3n) is 6.36. The smallest absolute Gasteiger partial charge is 0.231 e. The Hall–Kier alpha value is -1.14. The Morgan fingerprint density at radius 3 is 2.68 bits per heavy atom. The molecule has 2 saturated heterocycles. The number of hydrogen-bond donors (Lipinski definition) is 0. The Bertz CT molecular complexity index is 492. The summed E-state index contributed by atoms with van der Waals surface area (Å²) in [6.45, 7) is 3.56. The van der Waals surface area contributed by atoms with Crippen LogP contribution in [0.3, 0.4) is 0 Å². The molecule has 0 aromatic heterocycles. The van der Waals surface area contributed by atoms with E-state index in [1.165, 1.54) is 0 Å². The highest BCUT2D eigenvalue weighted by Crippen LogP contribution is 2.44. The second kappa shape index (κ2) is 8.04. The van der Waals surface area contributed by atoms with Gasteiger partial charge in [-0.3, -0.25) is 9.59 Å². The standard InChI is InChI=1S/C19H32N2O4/c1-24-12-4-10-21-16-7-11-20(13-15(16)5-6-17(21)22)18(23)19(14-25-2)8-3-9-19/h15-16H,3-14H2,1-2H3/t15-,16+/m0/s1. The van der Waals surface area contributed by atoms with Gasteiger partial charge in [-0.25, -0.2) is 0 Å². The van der Waals surface area contributed by atoms with Crippen LogP contribution in [0.15, 0.2) is 0 Å². The van der Waals surface area contributed by atoms with Crippen molar-refractivity contribution in [2.45, 2.75) is 51.0 Å². The second-order valence-electron chi connectivity index (χ2n) is 7.91. The minimum Gasteiger partial charge on any atom is -0.385 e. The Labute approximate surface area is 150 Å². The number of likely N-dealkylation sites (tertiary alicyclic amines) is 2. The normalized spacial score (nSPS) is 28.5. The van der Waals surface area contributed by atoms with E-state index in [0.29, 0.717) is 31.6 Å². The van der Waals surface area contributed by atoms with Crippen LogP contribution in [-0.4, -0.2) is 74.7 Å². The van der Waals surface area contributed by atoms with Crippen LogP contribution >= 0.6 is 0 Å². The molecule has 6 heteroatoms. The van der Waals surface area contributed by atoms with Gasteiger partial charge in [0.2, 0.25) is 11.8 Å². The van der Waals surface area contributed by atoms with Gasteiger partial charge >= 0.3 is 0 Å². The molecule has 1 aliphatic carbocycles. The highest BCUT2D eigenvalue weighted by Gasteiger charge is 2.48. The van der Waals surface area contributed by atoms with E-state index in [4.69, 9.17) is 9.47 Å². The fourth-order valence-corrected chi connectivity index (χ4v) is 4.84. The van der Waals surface area contributed by atoms with E-state index in [-0.39, 0.29) is 17.2 Å². The van der Waals surface area contributed by atoms with Crippen LogP contribution in [0.25, 0.3) is 0 Å². The van der Waals surface area contributed by atoms with Gasteiger partial charge < -0.3 is 19.3 Å². The lowest BCUT2D eigenvalue weighted by atomic mass is 9.68. The molecule has 2 amide bonds. The van der Waals surface area contributed by atoms with Gasteiger partial charge in [-0.1, -0.05) is 6.42 Å². The average Bonchev–Trinajstić information content (AvgIpc) is 2.59. The maximum Gasteiger partial charge on any atom is 0.231 e. The van der Waals surface area contributed by atoms with Crippen LogP contribution in [0.5, 0.6) is 0 Å². The van der Waals surface area contributed by atoms with Gasteiger partial charge in [0.25, 0.3) is 0 Å². The number of nitrogens with zero attached hydrogens (tertiary/aromatic N) is 2. The van der Waals surface area contributed by atoms with Crippen molar-refractivity contribution in [1.29, 1.82) is 0 Å². The number of methoxy groups -OCH3 is 2. The maximum absolute atomic E-state index is 13.1. The predicted octanol–water partition coefficient (Wildman–Crippen LogP) is 1.68. The second-order valence-corrected chi connectivity index (χ2v) is 7.91. The van der Waals surface area contributed by atoms with E-state index in [2.05, 4.69) is 9.80 Å². The number of amides is 2. The molecule has 1 saturated carbocycles. The Balaban J connectivity index is 1.61. The Morgan fingerprint density at radius 2 is 2.04 bits per heavy atom. The fraction of sp³-hybridized carbons (Fsp3) is 0.895. The topological polar surface area (TPSA) is 59.1 Å². The summed E-state index contributed by atoms with van der Waals surface area (Å²) in [6.07, 6.45) is 6.32. The lowest BCUT2D eigenvalue weighted by Crippen LogP contribution is -2.60. The third kappa shape index (κ3) is 3.70. The largest absolute Gasteiger partial charge is 0.385 e. The SMILES string of the molecule is COCCCN1C(=O)CC[C@H]2CN(C(=O)C3(COC)CCC3)CC[C@H]21. The van der Waals surface area contributed by atoms with Crippen LogP contribution in [0.2, 0.25) is 0 Å². The highest BCUT2D eigenvalue weighted by molar-refractivity contribution is 5.84. The number of fused-ring (bicyclic) bond motifs is 1. The number of ether oxygens (including phenoxy) is 2. The summed E-state index contributed by atoms with van der Waals surface area (Å²) in [5, 5.41) is 0. The van der Waals surface area contributed by atoms with Crippen molar-refractivity contribution in [2.24, 2.45) is 11.3 Å². The lowest BCUT2D eigenvalue weighted by Gasteiger charge is -2.50. The zero-order chi connectivity index (χ0) is 17.9. The van der Waals surface area contributed by atoms with Gasteiger partial charge in [0.05, 0.1) is 12.0 Å². The van der Waals surface area contributed by atoms with E-state index in [1.54, 1.807) is 14.2 Å². The minimum absolute atomic E-state index is 0.270. The average molecular weight is 352 g/mol. The van der Waals surface area contributed by atoms with Gasteiger partial charge in [0, 0.05) is 52.9 Å². The summed E-state index contributed by atoms with van der Waals surface area (Å²) in [7, 11) is 3.38. The van der Waals surface area contributed by atoms with Gasteiger partial charge in [0.1, 0.15) is 0 Å². The van der Waals surface area contributed by atoms with Crippen molar-refractivity contribution < 1.29 is 19.1 Å². The number of carbonyl (C=O) groups is 2. The zero-order valence-electron chi connectivity index (χ0n) is 15.7. The Morgan fingerprint density at radius 1 is 1.24 bits per heavy atom. The molecule has 0 radical (unpaired) electrons. The minimum atomic E-state index is -0.274. The molecule has 2 atom stereocenters. The summed E-state index contributed by atoms with van der Waals surface area (Å²) >= 11 is 0. The first-order chi connectivity index (χ1) is 12.1. The molecule has 3 aliphatic rings. The van der Waals surface area contributed by atoms with Crippen LogP contribution < -0.4 is 0 Å². The highest BCUT2D eigenvalue weighted by atomic mass is 16.5. The maximum atomic E-state index is 13.1. The first-order valence-electron chi connectivity index (χ1n) is 9.68. The molecule has 2 aliphatic heterocycles. The summed E-state index contributed by atoms with van der Waals surface area (Å²) in [5.41, 5.74) is -0.274. The zero-order valence-corrected chi connectivity index (χ0v) is 15.7. The van der Waals surface area contributed by atoms with Gasteiger partial charge in [-0.2, -0.15) is 0 Å². The van der Waals surface area contributed by atoms with Crippen LogP contribution in [0.4, 0.5) is 0 Å². The van der Waals surface area contributed by atoms with Crippen molar-refractivity contribution in [3.05, 3.63) is 0 Å². The first-order valence-corrected chi connectivity index (χ1v) is 9.68. The lowest BCUT2D eigenvalue weighted by molar-refractivity contribution is -0.157. The molecule has 25 heavy (non-hydrogen) atoms. The molecule has 3 rings (SSSR count). The molecule has 0 aromatic carbocycles. The van der Waals surface area contributed by atoms with E-state index in [0.717, 1.165) is 58.2 Å². The van der Waals surface area contributed by atoms with Crippen LogP contribution in [0, 0.1) is 11.3 Å². The van der Waals surface area contributed by atoms with Crippen molar-refractivity contribution in [1.82, 2.24) is 9.80 Å². The van der Waals surface area contributed by atoms with Crippen molar-refractivity contribution in [3.63, 3.8) is 0 Å². The molecule has 0 spiro atoms. The molecule has 2 heterocycles. The van der Waals surface area contributed by atoms with Crippen LogP contribution in [0.1, 0.15) is 44.9 Å². The molecule has 0 bridgehead atoms. The number of piperidine rings is 2. The molecule has 0 N–H and O–H groups in total. The molecule has 142 valence electrons. The van der Waals surface area contributed by atoms with E-state index >= 15 is 0 Å². The third-order valence-corrected chi connectivity index (χ3v) is 6.36. The van der Waals surface area contributed by atoms with Crippen LogP contribution in [-0.2, 0) is 19.1 Å². The Kier molecular flexibility index (Phi) is 6.00.